The second-order valence-electron chi connectivity index (χ2n) is 8.27. The molecule has 170 valence electrons. The number of carbonyl (C=O) groups is 2. The Labute approximate surface area is 203 Å². The number of hydrogen-bond acceptors (Lipinski definition) is 5. The molecule has 6 nitrogen and oxygen atoms in total. The van der Waals surface area contributed by atoms with E-state index in [1.54, 1.807) is 47.4 Å². The molecule has 1 aromatic heterocycles. The van der Waals surface area contributed by atoms with Gasteiger partial charge in [0.15, 0.2) is 5.43 Å². The lowest BCUT2D eigenvalue weighted by atomic mass is 9.97. The number of esters is 1. The van der Waals surface area contributed by atoms with Crippen molar-refractivity contribution in [1.29, 1.82) is 0 Å². The molecule has 0 N–H and O–H groups in total. The first kappa shape index (κ1) is 22.1. The van der Waals surface area contributed by atoms with Crippen LogP contribution in [0.4, 0.5) is 5.69 Å². The van der Waals surface area contributed by atoms with E-state index in [2.05, 4.69) is 15.9 Å². The number of hydrogen-bond donors (Lipinski definition) is 0. The summed E-state index contributed by atoms with van der Waals surface area (Å²) in [5.74, 6) is -0.821. The van der Waals surface area contributed by atoms with Crippen molar-refractivity contribution >= 4 is 44.5 Å². The molecule has 2 heterocycles. The molecule has 0 saturated carbocycles. The van der Waals surface area contributed by atoms with Crippen LogP contribution < -0.4 is 10.3 Å². The number of rotatable bonds is 3. The van der Waals surface area contributed by atoms with E-state index in [0.29, 0.717) is 27.8 Å². The van der Waals surface area contributed by atoms with Crippen LogP contribution in [0.15, 0.2) is 74.3 Å². The highest BCUT2D eigenvalue weighted by molar-refractivity contribution is 9.10. The van der Waals surface area contributed by atoms with Crippen molar-refractivity contribution in [2.24, 2.45) is 0 Å². The lowest BCUT2D eigenvalue weighted by molar-refractivity contribution is 0.0600. The Balaban J connectivity index is 1.77. The largest absolute Gasteiger partial charge is 0.465 e. The Kier molecular flexibility index (Phi) is 5.37. The number of aryl methyl sites for hydroxylation is 2. The van der Waals surface area contributed by atoms with Crippen LogP contribution in [0.2, 0.25) is 0 Å². The second kappa shape index (κ2) is 8.25. The summed E-state index contributed by atoms with van der Waals surface area (Å²) in [7, 11) is 1.32. The van der Waals surface area contributed by atoms with Gasteiger partial charge < -0.3 is 9.15 Å². The van der Waals surface area contributed by atoms with E-state index >= 15 is 0 Å². The lowest BCUT2D eigenvalue weighted by Crippen LogP contribution is -2.29. The van der Waals surface area contributed by atoms with Crippen LogP contribution >= 0.6 is 15.9 Å². The number of methoxy groups -OCH3 is 1. The van der Waals surface area contributed by atoms with Gasteiger partial charge in [-0.3, -0.25) is 14.5 Å². The van der Waals surface area contributed by atoms with Gasteiger partial charge in [0, 0.05) is 10.2 Å². The Morgan fingerprint density at radius 3 is 2.38 bits per heavy atom. The molecule has 0 fully saturated rings. The summed E-state index contributed by atoms with van der Waals surface area (Å²) in [5.41, 5.74) is 4.20. The van der Waals surface area contributed by atoms with E-state index < -0.39 is 12.0 Å². The van der Waals surface area contributed by atoms with Gasteiger partial charge in [0.1, 0.15) is 5.58 Å². The van der Waals surface area contributed by atoms with E-state index in [0.717, 1.165) is 15.6 Å². The monoisotopic (exact) mass is 517 g/mol. The Morgan fingerprint density at radius 1 is 0.971 bits per heavy atom. The maximum Gasteiger partial charge on any atom is 0.337 e. The normalized spacial score (nSPS) is 15.0. The standard InChI is InChI=1S/C27H20BrNO5/c1-14-4-10-19(12-15(14)2)29-23(16-5-7-17(8-6-16)27(32)33-3)22-24(30)20-13-18(28)9-11-21(20)34-25(22)26(29)31/h4-13,23H,1-3H3. The van der Waals surface area contributed by atoms with Gasteiger partial charge in [-0.25, -0.2) is 4.79 Å². The van der Waals surface area contributed by atoms with Crippen LogP contribution in [0.3, 0.4) is 0 Å². The summed E-state index contributed by atoms with van der Waals surface area (Å²) in [5, 5.41) is 0.388. The number of carbonyl (C=O) groups excluding carboxylic acids is 2. The number of fused-ring (bicyclic) bond motifs is 2. The third kappa shape index (κ3) is 3.44. The van der Waals surface area contributed by atoms with Gasteiger partial charge in [-0.15, -0.1) is 0 Å². The molecule has 34 heavy (non-hydrogen) atoms. The highest BCUT2D eigenvalue weighted by Gasteiger charge is 2.43. The molecule has 1 atom stereocenters. The first-order valence-electron chi connectivity index (χ1n) is 10.7. The molecule has 0 saturated heterocycles. The van der Waals surface area contributed by atoms with Gasteiger partial charge in [-0.1, -0.05) is 34.1 Å². The topological polar surface area (TPSA) is 76.8 Å². The molecule has 5 rings (SSSR count). The van der Waals surface area contributed by atoms with Crippen LogP contribution in [-0.4, -0.2) is 19.0 Å². The van der Waals surface area contributed by atoms with Gasteiger partial charge in [0.2, 0.25) is 5.76 Å². The van der Waals surface area contributed by atoms with Crippen molar-refractivity contribution in [2.75, 3.05) is 12.0 Å². The fraction of sp³-hybridized carbons (Fsp3) is 0.148. The van der Waals surface area contributed by atoms with Gasteiger partial charge in [0.05, 0.1) is 29.7 Å². The van der Waals surface area contributed by atoms with Gasteiger partial charge in [0.25, 0.3) is 5.91 Å². The average Bonchev–Trinajstić information content (AvgIpc) is 3.13. The summed E-state index contributed by atoms with van der Waals surface area (Å²) in [6.07, 6.45) is 0. The Bertz CT molecular complexity index is 1540. The zero-order valence-corrected chi connectivity index (χ0v) is 20.3. The van der Waals surface area contributed by atoms with Crippen molar-refractivity contribution in [1.82, 2.24) is 0 Å². The van der Waals surface area contributed by atoms with E-state index in [9.17, 15) is 14.4 Å². The van der Waals surface area contributed by atoms with Crippen molar-refractivity contribution in [3.63, 3.8) is 0 Å². The molecule has 0 spiro atoms. The van der Waals surface area contributed by atoms with E-state index in [-0.39, 0.29) is 22.7 Å². The zero-order valence-electron chi connectivity index (χ0n) is 18.7. The first-order valence-corrected chi connectivity index (χ1v) is 11.4. The molecule has 1 aliphatic heterocycles. The van der Waals surface area contributed by atoms with E-state index in [1.807, 2.05) is 32.0 Å². The Hall–Kier alpha value is -3.71. The van der Waals surface area contributed by atoms with Crippen LogP contribution in [0.5, 0.6) is 0 Å². The lowest BCUT2D eigenvalue weighted by Gasteiger charge is -2.26. The van der Waals surface area contributed by atoms with Crippen molar-refractivity contribution in [3.05, 3.63) is 109 Å². The molecular weight excluding hydrogens is 498 g/mol. The van der Waals surface area contributed by atoms with Crippen molar-refractivity contribution in [2.45, 2.75) is 19.9 Å². The molecular formula is C27H20BrNO5. The highest BCUT2D eigenvalue weighted by Crippen LogP contribution is 2.41. The first-order chi connectivity index (χ1) is 16.3. The maximum absolute atomic E-state index is 13.7. The van der Waals surface area contributed by atoms with Crippen molar-refractivity contribution < 1.29 is 18.7 Å². The summed E-state index contributed by atoms with van der Waals surface area (Å²) < 4.78 is 11.5. The molecule has 1 unspecified atom stereocenters. The molecule has 1 amide bonds. The average molecular weight is 518 g/mol. The molecule has 7 heteroatoms. The van der Waals surface area contributed by atoms with Crippen LogP contribution in [0, 0.1) is 13.8 Å². The fourth-order valence-corrected chi connectivity index (χ4v) is 4.68. The molecule has 0 radical (unpaired) electrons. The fourth-order valence-electron chi connectivity index (χ4n) is 4.32. The van der Waals surface area contributed by atoms with Crippen LogP contribution in [0.1, 0.15) is 49.2 Å². The number of ether oxygens (including phenoxy) is 1. The molecule has 0 bridgehead atoms. The third-order valence-corrected chi connectivity index (χ3v) is 6.74. The zero-order chi connectivity index (χ0) is 24.1. The number of halogens is 1. The quantitative estimate of drug-likeness (QED) is 0.325. The van der Waals surface area contributed by atoms with Crippen molar-refractivity contribution in [3.8, 4) is 0 Å². The third-order valence-electron chi connectivity index (χ3n) is 6.25. The predicted octanol–water partition coefficient (Wildman–Crippen LogP) is 5.71. The van der Waals surface area contributed by atoms with E-state index in [4.69, 9.17) is 9.15 Å². The maximum atomic E-state index is 13.7. The molecule has 3 aromatic carbocycles. The number of benzene rings is 3. The smallest absolute Gasteiger partial charge is 0.337 e. The van der Waals surface area contributed by atoms with Gasteiger partial charge in [-0.2, -0.15) is 0 Å². The Morgan fingerprint density at radius 2 is 1.71 bits per heavy atom. The van der Waals surface area contributed by atoms with Gasteiger partial charge >= 0.3 is 5.97 Å². The molecule has 0 aliphatic carbocycles. The summed E-state index contributed by atoms with van der Waals surface area (Å²) in [6, 6.07) is 16.9. The minimum atomic E-state index is -0.712. The highest BCUT2D eigenvalue weighted by atomic mass is 79.9. The second-order valence-corrected chi connectivity index (χ2v) is 9.19. The minimum Gasteiger partial charge on any atom is -0.465 e. The van der Waals surface area contributed by atoms with Crippen LogP contribution in [0.25, 0.3) is 11.0 Å². The molecule has 1 aliphatic rings. The van der Waals surface area contributed by atoms with E-state index in [1.165, 1.54) is 7.11 Å². The minimum absolute atomic E-state index is 0.0279. The number of anilines is 1. The SMILES string of the molecule is COC(=O)c1ccc(C2c3c(oc4ccc(Br)cc4c3=O)C(=O)N2c2ccc(C)c(C)c2)cc1. The summed E-state index contributed by atoms with van der Waals surface area (Å²) in [6.45, 7) is 3.97. The summed E-state index contributed by atoms with van der Waals surface area (Å²) in [4.78, 5) is 40.9. The predicted molar refractivity (Wildman–Crippen MR) is 133 cm³/mol. The number of amides is 1. The van der Waals surface area contributed by atoms with Crippen LogP contribution in [-0.2, 0) is 4.74 Å². The summed E-state index contributed by atoms with van der Waals surface area (Å²) >= 11 is 3.41. The molecule has 4 aromatic rings. The van der Waals surface area contributed by atoms with Gasteiger partial charge in [-0.05, 0) is 73.0 Å². The number of nitrogens with zero attached hydrogens (tertiary/aromatic N) is 1.